The normalized spacial score (nSPS) is 17.1. The van der Waals surface area contributed by atoms with Gasteiger partial charge in [0.15, 0.2) is 0 Å². The van der Waals surface area contributed by atoms with Gasteiger partial charge in [-0.25, -0.2) is 8.42 Å². The summed E-state index contributed by atoms with van der Waals surface area (Å²) in [7, 11) is -2.44. The van der Waals surface area contributed by atoms with Crippen LogP contribution < -0.4 is 14.8 Å². The van der Waals surface area contributed by atoms with E-state index in [-0.39, 0.29) is 22.6 Å². The second-order valence-electron chi connectivity index (χ2n) is 6.80. The van der Waals surface area contributed by atoms with E-state index in [1.165, 1.54) is 26.0 Å². The molecule has 1 atom stereocenters. The molecule has 0 aromatic heterocycles. The third-order valence-electron chi connectivity index (χ3n) is 4.78. The Morgan fingerprint density at radius 2 is 1.89 bits per heavy atom. The molecule has 1 fully saturated rings. The molecule has 0 saturated heterocycles. The lowest BCUT2D eigenvalue weighted by atomic mass is 10.1. The predicted octanol–water partition coefficient (Wildman–Crippen LogP) is 2.93. The maximum absolute atomic E-state index is 12.9. The maximum atomic E-state index is 12.9. The number of thioether (sulfide) groups is 1. The molecule has 8 heteroatoms. The van der Waals surface area contributed by atoms with Gasteiger partial charge < -0.3 is 10.1 Å². The maximum Gasteiger partial charge on any atom is 0.244 e. The number of rotatable bonds is 9. The van der Waals surface area contributed by atoms with Gasteiger partial charge in [0.1, 0.15) is 16.7 Å². The lowest BCUT2D eigenvalue weighted by Gasteiger charge is -2.23. The molecule has 0 spiro atoms. The first kappa shape index (κ1) is 22.0. The van der Waals surface area contributed by atoms with Gasteiger partial charge in [-0.2, -0.15) is 16.5 Å². The fourth-order valence-corrected chi connectivity index (χ4v) is 5.17. The van der Waals surface area contributed by atoms with Gasteiger partial charge in [0.25, 0.3) is 0 Å². The Bertz CT molecular complexity index is 701. The zero-order valence-electron chi connectivity index (χ0n) is 16.1. The van der Waals surface area contributed by atoms with Gasteiger partial charge in [-0.1, -0.05) is 37.8 Å². The summed E-state index contributed by atoms with van der Waals surface area (Å²) >= 11 is 1.59. The molecule has 1 aromatic rings. The Labute approximate surface area is 166 Å². The summed E-state index contributed by atoms with van der Waals surface area (Å²) in [6, 6.07) is 5.76. The van der Waals surface area contributed by atoms with Crippen LogP contribution in [0.5, 0.6) is 5.75 Å². The van der Waals surface area contributed by atoms with Gasteiger partial charge in [-0.15, -0.1) is 0 Å². The number of hydrogen-bond acceptors (Lipinski definition) is 5. The van der Waals surface area contributed by atoms with E-state index in [1.54, 1.807) is 30.0 Å². The molecule has 0 radical (unpaired) electrons. The molecule has 2 rings (SSSR count). The van der Waals surface area contributed by atoms with Crippen molar-refractivity contribution in [1.82, 2.24) is 10.0 Å². The first-order valence-corrected chi connectivity index (χ1v) is 12.3. The van der Waals surface area contributed by atoms with Crippen LogP contribution in [0.4, 0.5) is 0 Å². The van der Waals surface area contributed by atoms with E-state index in [4.69, 9.17) is 4.74 Å². The number of carbonyl (C=O) groups excluding carboxylic acids is 1. The molecule has 1 amide bonds. The van der Waals surface area contributed by atoms with E-state index in [2.05, 4.69) is 10.0 Å². The molecule has 1 saturated carbocycles. The SMILES string of the molecule is COc1ccccc1S(=O)(=O)NC(CCSC)C(=O)NC1CCCCCC1. The Hall–Kier alpha value is -1.25. The van der Waals surface area contributed by atoms with Crippen LogP contribution in [0.15, 0.2) is 29.2 Å². The molecular weight excluding hydrogens is 384 g/mol. The van der Waals surface area contributed by atoms with E-state index >= 15 is 0 Å². The molecule has 1 unspecified atom stereocenters. The van der Waals surface area contributed by atoms with Crippen LogP contribution in [0.1, 0.15) is 44.9 Å². The number of carbonyl (C=O) groups is 1. The minimum absolute atomic E-state index is 0.0453. The molecule has 1 aromatic carbocycles. The van der Waals surface area contributed by atoms with Gasteiger partial charge >= 0.3 is 0 Å². The minimum Gasteiger partial charge on any atom is -0.495 e. The highest BCUT2D eigenvalue weighted by Gasteiger charge is 2.28. The monoisotopic (exact) mass is 414 g/mol. The van der Waals surface area contributed by atoms with Crippen LogP contribution in [0.3, 0.4) is 0 Å². The van der Waals surface area contributed by atoms with Gasteiger partial charge in [-0.3, -0.25) is 4.79 Å². The second kappa shape index (κ2) is 10.9. The number of para-hydroxylation sites is 1. The average Bonchev–Trinajstić information content (AvgIpc) is 2.93. The molecule has 0 heterocycles. The zero-order chi connectivity index (χ0) is 19.7. The summed E-state index contributed by atoms with van der Waals surface area (Å²) in [4.78, 5) is 12.9. The Kier molecular flexibility index (Phi) is 8.92. The molecule has 1 aliphatic rings. The van der Waals surface area contributed by atoms with Crippen molar-refractivity contribution in [3.05, 3.63) is 24.3 Å². The summed E-state index contributed by atoms with van der Waals surface area (Å²) < 4.78 is 33.5. The first-order valence-electron chi connectivity index (χ1n) is 9.42. The Morgan fingerprint density at radius 3 is 2.52 bits per heavy atom. The van der Waals surface area contributed by atoms with Crippen LogP contribution in [-0.2, 0) is 14.8 Å². The van der Waals surface area contributed by atoms with Crippen LogP contribution in [0, 0.1) is 0 Å². The van der Waals surface area contributed by atoms with E-state index in [1.807, 2.05) is 6.26 Å². The molecule has 6 nitrogen and oxygen atoms in total. The van der Waals surface area contributed by atoms with Crippen molar-refractivity contribution < 1.29 is 17.9 Å². The van der Waals surface area contributed by atoms with E-state index in [9.17, 15) is 13.2 Å². The van der Waals surface area contributed by atoms with Gasteiger partial charge in [-0.05, 0) is 43.4 Å². The number of ether oxygens (including phenoxy) is 1. The lowest BCUT2D eigenvalue weighted by molar-refractivity contribution is -0.123. The van der Waals surface area contributed by atoms with Crippen molar-refractivity contribution in [2.24, 2.45) is 0 Å². The van der Waals surface area contributed by atoms with Crippen molar-refractivity contribution in [3.63, 3.8) is 0 Å². The number of hydrogen-bond donors (Lipinski definition) is 2. The summed E-state index contributed by atoms with van der Waals surface area (Å²) in [6.45, 7) is 0. The summed E-state index contributed by atoms with van der Waals surface area (Å²) in [5.41, 5.74) is 0. The van der Waals surface area contributed by atoms with E-state index < -0.39 is 16.1 Å². The van der Waals surface area contributed by atoms with Crippen LogP contribution in [-0.4, -0.2) is 45.5 Å². The largest absolute Gasteiger partial charge is 0.495 e. The average molecular weight is 415 g/mol. The molecule has 1 aliphatic carbocycles. The number of sulfonamides is 1. The molecule has 2 N–H and O–H groups in total. The highest BCUT2D eigenvalue weighted by molar-refractivity contribution is 7.98. The van der Waals surface area contributed by atoms with Crippen molar-refractivity contribution >= 4 is 27.7 Å². The minimum atomic E-state index is -3.87. The Balaban J connectivity index is 2.13. The second-order valence-corrected chi connectivity index (χ2v) is 9.47. The molecule has 0 aliphatic heterocycles. The highest BCUT2D eigenvalue weighted by atomic mass is 32.2. The quantitative estimate of drug-likeness (QED) is 0.607. The molecule has 152 valence electrons. The van der Waals surface area contributed by atoms with E-state index in [0.717, 1.165) is 25.7 Å². The first-order chi connectivity index (χ1) is 13.0. The van der Waals surface area contributed by atoms with Crippen molar-refractivity contribution in [1.29, 1.82) is 0 Å². The number of benzene rings is 1. The van der Waals surface area contributed by atoms with E-state index in [0.29, 0.717) is 12.2 Å². The van der Waals surface area contributed by atoms with Crippen LogP contribution in [0.25, 0.3) is 0 Å². The number of nitrogens with one attached hydrogen (secondary N) is 2. The molecule has 0 bridgehead atoms. The van der Waals surface area contributed by atoms with Crippen molar-refractivity contribution in [2.75, 3.05) is 19.1 Å². The third-order valence-corrected chi connectivity index (χ3v) is 6.94. The number of methoxy groups -OCH3 is 1. The third kappa shape index (κ3) is 6.69. The number of amides is 1. The molecule has 27 heavy (non-hydrogen) atoms. The fourth-order valence-electron chi connectivity index (χ4n) is 3.30. The van der Waals surface area contributed by atoms with Crippen molar-refractivity contribution in [3.8, 4) is 5.75 Å². The van der Waals surface area contributed by atoms with Crippen LogP contribution >= 0.6 is 11.8 Å². The highest BCUT2D eigenvalue weighted by Crippen LogP contribution is 2.23. The van der Waals surface area contributed by atoms with Gasteiger partial charge in [0, 0.05) is 6.04 Å². The zero-order valence-corrected chi connectivity index (χ0v) is 17.7. The summed E-state index contributed by atoms with van der Waals surface area (Å²) in [5.74, 6) is 0.712. The van der Waals surface area contributed by atoms with Crippen LogP contribution in [0.2, 0.25) is 0 Å². The smallest absolute Gasteiger partial charge is 0.244 e. The fraction of sp³-hybridized carbons (Fsp3) is 0.632. The standard InChI is InChI=1S/C19H30N2O4S2/c1-25-17-11-7-8-12-18(17)27(23,24)21-16(13-14-26-2)19(22)20-15-9-5-3-4-6-10-15/h7-8,11-12,15-16,21H,3-6,9-10,13-14H2,1-2H3,(H,20,22). The summed E-state index contributed by atoms with van der Waals surface area (Å²) in [5, 5.41) is 3.06. The van der Waals surface area contributed by atoms with Gasteiger partial charge in [0.2, 0.25) is 15.9 Å². The topological polar surface area (TPSA) is 84.5 Å². The van der Waals surface area contributed by atoms with Crippen molar-refractivity contribution in [2.45, 2.75) is 61.9 Å². The predicted molar refractivity (Wildman–Crippen MR) is 110 cm³/mol. The Morgan fingerprint density at radius 1 is 1.22 bits per heavy atom. The summed E-state index contributed by atoms with van der Waals surface area (Å²) in [6.07, 6.45) is 8.90. The lowest BCUT2D eigenvalue weighted by Crippen LogP contribution is -2.49. The molecular formula is C19H30N2O4S2. The van der Waals surface area contributed by atoms with Gasteiger partial charge in [0.05, 0.1) is 7.11 Å².